The first kappa shape index (κ1) is 12.5. The van der Waals surface area contributed by atoms with Gasteiger partial charge in [-0.05, 0) is 18.9 Å². The molecule has 0 amide bonds. The van der Waals surface area contributed by atoms with Crippen molar-refractivity contribution >= 4 is 0 Å². The zero-order valence-electron chi connectivity index (χ0n) is 9.69. The highest BCUT2D eigenvalue weighted by molar-refractivity contribution is 5.23. The maximum absolute atomic E-state index is 10.0. The third-order valence-corrected chi connectivity index (χ3v) is 2.59. The molecule has 0 aliphatic carbocycles. The van der Waals surface area contributed by atoms with E-state index in [0.717, 1.165) is 17.6 Å². The Balaban J connectivity index is 2.88. The molecule has 16 heavy (non-hydrogen) atoms. The molecule has 1 nitrogen and oxygen atoms in total. The first-order valence-electron chi connectivity index (χ1n) is 5.46. The fourth-order valence-corrected chi connectivity index (χ4v) is 1.81. The average Bonchev–Trinajstić information content (AvgIpc) is 2.27. The summed E-state index contributed by atoms with van der Waals surface area (Å²) in [4.78, 5) is 0. The molecule has 1 N–H and O–H groups in total. The predicted octanol–water partition coefficient (Wildman–Crippen LogP) is 3.12. The van der Waals surface area contributed by atoms with Crippen LogP contribution in [0.3, 0.4) is 0 Å². The van der Waals surface area contributed by atoms with Gasteiger partial charge in [0.15, 0.2) is 0 Å². The Bertz CT molecular complexity index is 372. The van der Waals surface area contributed by atoms with Crippen LogP contribution in [0.5, 0.6) is 0 Å². The molecule has 0 bridgehead atoms. The van der Waals surface area contributed by atoms with Gasteiger partial charge in [-0.2, -0.15) is 0 Å². The van der Waals surface area contributed by atoms with Gasteiger partial charge in [0.05, 0.1) is 6.10 Å². The normalized spacial score (nSPS) is 13.8. The van der Waals surface area contributed by atoms with Crippen molar-refractivity contribution in [1.82, 2.24) is 0 Å². The lowest BCUT2D eigenvalue weighted by Gasteiger charge is -2.22. The van der Waals surface area contributed by atoms with Crippen molar-refractivity contribution in [3.63, 3.8) is 0 Å². The van der Waals surface area contributed by atoms with E-state index in [4.69, 9.17) is 6.42 Å². The molecule has 1 rings (SSSR count). The summed E-state index contributed by atoms with van der Waals surface area (Å²) in [5.41, 5.74) is 2.18. The number of rotatable bonds is 5. The Labute approximate surface area is 97.8 Å². The molecule has 0 aliphatic rings. The van der Waals surface area contributed by atoms with Gasteiger partial charge < -0.3 is 5.11 Å². The summed E-state index contributed by atoms with van der Waals surface area (Å²) in [6.45, 7) is 5.87. The van der Waals surface area contributed by atoms with Gasteiger partial charge in [-0.15, -0.1) is 18.9 Å². The van der Waals surface area contributed by atoms with E-state index in [1.54, 1.807) is 0 Å². The van der Waals surface area contributed by atoms with Crippen molar-refractivity contribution in [1.29, 1.82) is 0 Å². The number of hydrogen-bond acceptors (Lipinski definition) is 1. The third-order valence-electron chi connectivity index (χ3n) is 2.59. The molecule has 2 atom stereocenters. The fourth-order valence-electron chi connectivity index (χ4n) is 1.81. The SMILES string of the molecule is C#CCC(O)C(CC(=C)C)c1ccccc1. The summed E-state index contributed by atoms with van der Waals surface area (Å²) < 4.78 is 0. The van der Waals surface area contributed by atoms with Gasteiger partial charge in [-0.1, -0.05) is 35.9 Å². The van der Waals surface area contributed by atoms with Gasteiger partial charge in [0.1, 0.15) is 0 Å². The lowest BCUT2D eigenvalue weighted by Crippen LogP contribution is -2.18. The summed E-state index contributed by atoms with van der Waals surface area (Å²) in [6, 6.07) is 9.96. The van der Waals surface area contributed by atoms with E-state index in [1.165, 1.54) is 0 Å². The van der Waals surface area contributed by atoms with E-state index in [-0.39, 0.29) is 5.92 Å². The van der Waals surface area contributed by atoms with E-state index < -0.39 is 6.10 Å². The molecule has 0 saturated carbocycles. The van der Waals surface area contributed by atoms with Crippen LogP contribution in [-0.2, 0) is 0 Å². The highest BCUT2D eigenvalue weighted by atomic mass is 16.3. The second-order valence-corrected chi connectivity index (χ2v) is 4.15. The van der Waals surface area contributed by atoms with Crippen LogP contribution in [0.1, 0.15) is 31.2 Å². The van der Waals surface area contributed by atoms with E-state index in [9.17, 15) is 5.11 Å². The Morgan fingerprint density at radius 3 is 2.56 bits per heavy atom. The van der Waals surface area contributed by atoms with Crippen LogP contribution >= 0.6 is 0 Å². The Hall–Kier alpha value is -1.52. The third kappa shape index (κ3) is 3.56. The largest absolute Gasteiger partial charge is 0.391 e. The zero-order chi connectivity index (χ0) is 12.0. The van der Waals surface area contributed by atoms with Crippen LogP contribution in [0.4, 0.5) is 0 Å². The van der Waals surface area contributed by atoms with E-state index in [2.05, 4.69) is 12.5 Å². The summed E-state index contributed by atoms with van der Waals surface area (Å²) in [7, 11) is 0. The second-order valence-electron chi connectivity index (χ2n) is 4.15. The summed E-state index contributed by atoms with van der Waals surface area (Å²) >= 11 is 0. The van der Waals surface area contributed by atoms with Crippen LogP contribution < -0.4 is 0 Å². The molecule has 0 aromatic heterocycles. The first-order valence-corrected chi connectivity index (χ1v) is 5.46. The number of hydrogen-bond donors (Lipinski definition) is 1. The topological polar surface area (TPSA) is 20.2 Å². The van der Waals surface area contributed by atoms with Crippen LogP contribution in [0, 0.1) is 12.3 Å². The Morgan fingerprint density at radius 2 is 2.06 bits per heavy atom. The molecule has 1 aromatic rings. The zero-order valence-corrected chi connectivity index (χ0v) is 9.69. The Morgan fingerprint density at radius 1 is 1.44 bits per heavy atom. The van der Waals surface area contributed by atoms with Crippen molar-refractivity contribution in [2.24, 2.45) is 0 Å². The summed E-state index contributed by atoms with van der Waals surface area (Å²) in [5.74, 6) is 2.56. The summed E-state index contributed by atoms with van der Waals surface area (Å²) in [5, 5.41) is 10.0. The second kappa shape index (κ2) is 6.15. The average molecular weight is 214 g/mol. The number of aliphatic hydroxyl groups is 1. The molecule has 0 spiro atoms. The minimum Gasteiger partial charge on any atom is -0.391 e. The van der Waals surface area contributed by atoms with Gasteiger partial charge in [-0.25, -0.2) is 0 Å². The van der Waals surface area contributed by atoms with E-state index >= 15 is 0 Å². The molecule has 2 unspecified atom stereocenters. The molecule has 0 fully saturated rings. The highest BCUT2D eigenvalue weighted by Crippen LogP contribution is 2.27. The number of aliphatic hydroxyl groups excluding tert-OH is 1. The van der Waals surface area contributed by atoms with Crippen LogP contribution in [0.25, 0.3) is 0 Å². The molecule has 84 valence electrons. The van der Waals surface area contributed by atoms with Gasteiger partial charge in [-0.3, -0.25) is 0 Å². The minimum atomic E-state index is -0.496. The molecule has 0 saturated heterocycles. The number of allylic oxidation sites excluding steroid dienone is 1. The number of terminal acetylenes is 1. The monoisotopic (exact) mass is 214 g/mol. The predicted molar refractivity (Wildman–Crippen MR) is 68.1 cm³/mol. The van der Waals surface area contributed by atoms with E-state index in [1.807, 2.05) is 37.3 Å². The number of benzene rings is 1. The molecular weight excluding hydrogens is 196 g/mol. The maximum atomic E-state index is 10.0. The van der Waals surface area contributed by atoms with Crippen molar-refractivity contribution < 1.29 is 5.11 Å². The van der Waals surface area contributed by atoms with Crippen molar-refractivity contribution in [3.05, 3.63) is 48.0 Å². The van der Waals surface area contributed by atoms with Crippen LogP contribution in [0.2, 0.25) is 0 Å². The lowest BCUT2D eigenvalue weighted by atomic mass is 9.87. The van der Waals surface area contributed by atoms with Gasteiger partial charge in [0, 0.05) is 12.3 Å². The van der Waals surface area contributed by atoms with E-state index in [0.29, 0.717) is 6.42 Å². The van der Waals surface area contributed by atoms with Gasteiger partial charge in [0.25, 0.3) is 0 Å². The van der Waals surface area contributed by atoms with Crippen molar-refractivity contribution in [3.8, 4) is 12.3 Å². The maximum Gasteiger partial charge on any atom is 0.0720 e. The molecule has 1 aromatic carbocycles. The molecule has 1 heteroatoms. The Kier molecular flexibility index (Phi) is 4.82. The molecule has 0 aliphatic heterocycles. The lowest BCUT2D eigenvalue weighted by molar-refractivity contribution is 0.147. The fraction of sp³-hybridized carbons (Fsp3) is 0.333. The first-order chi connectivity index (χ1) is 7.65. The minimum absolute atomic E-state index is 0.0507. The molecule has 0 radical (unpaired) electrons. The smallest absolute Gasteiger partial charge is 0.0720 e. The van der Waals surface area contributed by atoms with Gasteiger partial charge >= 0.3 is 0 Å². The quantitative estimate of drug-likeness (QED) is 0.590. The van der Waals surface area contributed by atoms with Crippen LogP contribution in [0.15, 0.2) is 42.5 Å². The molecule has 0 heterocycles. The van der Waals surface area contributed by atoms with Crippen molar-refractivity contribution in [2.75, 3.05) is 0 Å². The molecular formula is C15H18O. The van der Waals surface area contributed by atoms with Crippen LogP contribution in [-0.4, -0.2) is 11.2 Å². The highest BCUT2D eigenvalue weighted by Gasteiger charge is 2.20. The van der Waals surface area contributed by atoms with Gasteiger partial charge in [0.2, 0.25) is 0 Å². The van der Waals surface area contributed by atoms with Crippen molar-refractivity contribution in [2.45, 2.75) is 31.8 Å². The summed E-state index contributed by atoms with van der Waals surface area (Å²) in [6.07, 6.45) is 5.90. The standard InChI is InChI=1S/C15H18O/c1-4-8-15(16)14(11-12(2)3)13-9-6-5-7-10-13/h1,5-7,9-10,14-16H,2,8,11H2,3H3.